The number of rotatable bonds is 3. The lowest BCUT2D eigenvalue weighted by Crippen LogP contribution is -2.36. The highest BCUT2D eigenvalue weighted by Gasteiger charge is 2.35. The molecule has 130 valence electrons. The summed E-state index contributed by atoms with van der Waals surface area (Å²) in [5.74, 6) is -0.285. The van der Waals surface area contributed by atoms with Gasteiger partial charge in [0.2, 0.25) is 5.91 Å². The zero-order valence-electron chi connectivity index (χ0n) is 13.8. The minimum Gasteiger partial charge on any atom is -0.465 e. The number of hydrogen-bond donors (Lipinski definition) is 0. The van der Waals surface area contributed by atoms with Crippen LogP contribution in [0.15, 0.2) is 15.1 Å². The number of aromatic nitrogens is 3. The van der Waals surface area contributed by atoms with E-state index < -0.39 is 11.4 Å². The van der Waals surface area contributed by atoms with Gasteiger partial charge in [0.1, 0.15) is 9.88 Å². The Morgan fingerprint density at radius 3 is 2.38 bits per heavy atom. The maximum atomic E-state index is 13.0. The third kappa shape index (κ3) is 3.70. The van der Waals surface area contributed by atoms with Gasteiger partial charge in [0.25, 0.3) is 0 Å². The van der Waals surface area contributed by atoms with E-state index in [0.29, 0.717) is 24.8 Å². The Hall–Kier alpha value is -1.26. The number of thiophene rings is 1. The van der Waals surface area contributed by atoms with E-state index in [1.54, 1.807) is 13.1 Å². The normalized spacial score (nSPS) is 11.5. The van der Waals surface area contributed by atoms with Crippen LogP contribution < -0.4 is 4.90 Å². The minimum atomic E-state index is -0.661. The molecule has 0 aliphatic heterocycles. The van der Waals surface area contributed by atoms with E-state index in [4.69, 9.17) is 4.74 Å². The predicted molar refractivity (Wildman–Crippen MR) is 98.7 cm³/mol. The molecule has 0 N–H and O–H groups in total. The number of anilines is 2. The number of ether oxygens (including phenoxy) is 1. The third-order valence-electron chi connectivity index (χ3n) is 2.97. The summed E-state index contributed by atoms with van der Waals surface area (Å²) in [7, 11) is 2.98. The second-order valence-electron chi connectivity index (χ2n) is 5.95. The number of halogens is 2. The van der Waals surface area contributed by atoms with Crippen LogP contribution >= 0.6 is 43.2 Å². The van der Waals surface area contributed by atoms with Crippen molar-refractivity contribution in [2.45, 2.75) is 20.8 Å². The van der Waals surface area contributed by atoms with Crippen LogP contribution in [0.25, 0.3) is 0 Å². The number of esters is 1. The highest BCUT2D eigenvalue weighted by atomic mass is 79.9. The van der Waals surface area contributed by atoms with Crippen molar-refractivity contribution in [1.29, 1.82) is 0 Å². The molecule has 7 nitrogen and oxygen atoms in total. The van der Waals surface area contributed by atoms with Gasteiger partial charge in [-0.15, -0.1) is 21.5 Å². The van der Waals surface area contributed by atoms with Crippen molar-refractivity contribution in [1.82, 2.24) is 15.0 Å². The van der Waals surface area contributed by atoms with Gasteiger partial charge in [-0.3, -0.25) is 4.79 Å². The van der Waals surface area contributed by atoms with Crippen LogP contribution in [0.5, 0.6) is 0 Å². The summed E-state index contributed by atoms with van der Waals surface area (Å²) in [5.41, 5.74) is -0.661. The summed E-state index contributed by atoms with van der Waals surface area (Å²) >= 11 is 7.89. The molecular weight excluding hydrogens is 464 g/mol. The highest BCUT2D eigenvalue weighted by Crippen LogP contribution is 2.42. The van der Waals surface area contributed by atoms with E-state index in [1.807, 2.05) is 20.8 Å². The molecule has 0 bridgehead atoms. The molecule has 24 heavy (non-hydrogen) atoms. The molecule has 0 unspecified atom stereocenters. The van der Waals surface area contributed by atoms with Gasteiger partial charge in [0.05, 0.1) is 11.6 Å². The largest absolute Gasteiger partial charge is 0.465 e. The van der Waals surface area contributed by atoms with Crippen LogP contribution in [0.3, 0.4) is 0 Å². The monoisotopic (exact) mass is 478 g/mol. The zero-order valence-corrected chi connectivity index (χ0v) is 17.7. The number of nitrogens with zero attached hydrogens (tertiary/aromatic N) is 4. The molecular formula is C14H16Br2N4O3S. The lowest BCUT2D eigenvalue weighted by Gasteiger charge is -2.27. The standard InChI is InChI=1S/C14H16Br2N4O3S/c1-14(2,3)13(22)20(10-9(16)17-19(4)18-10)11-7(15)6-8(24-11)12(21)23-5/h6H,1-5H3. The smallest absolute Gasteiger partial charge is 0.348 e. The Kier molecular flexibility index (Phi) is 5.50. The average molecular weight is 480 g/mol. The van der Waals surface area contributed by atoms with Crippen molar-refractivity contribution < 1.29 is 14.3 Å². The van der Waals surface area contributed by atoms with Gasteiger partial charge in [-0.1, -0.05) is 20.8 Å². The molecule has 2 heterocycles. The van der Waals surface area contributed by atoms with Crippen LogP contribution in [0.2, 0.25) is 0 Å². The molecule has 0 spiro atoms. The van der Waals surface area contributed by atoms with Gasteiger partial charge in [0.15, 0.2) is 10.4 Å². The highest BCUT2D eigenvalue weighted by molar-refractivity contribution is 9.11. The molecule has 0 aliphatic rings. The van der Waals surface area contributed by atoms with Gasteiger partial charge in [-0.2, -0.15) is 4.80 Å². The second kappa shape index (κ2) is 6.93. The molecule has 2 aromatic heterocycles. The lowest BCUT2D eigenvalue weighted by atomic mass is 9.95. The molecule has 0 radical (unpaired) electrons. The van der Waals surface area contributed by atoms with Crippen LogP contribution in [0.4, 0.5) is 10.8 Å². The molecule has 0 saturated heterocycles. The minimum absolute atomic E-state index is 0.178. The van der Waals surface area contributed by atoms with Gasteiger partial charge in [0, 0.05) is 12.5 Å². The summed E-state index contributed by atoms with van der Waals surface area (Å²) in [4.78, 5) is 28.0. The van der Waals surface area contributed by atoms with E-state index in [9.17, 15) is 9.59 Å². The Bertz CT molecular complexity index is 795. The van der Waals surface area contributed by atoms with Crippen molar-refractivity contribution in [2.75, 3.05) is 12.0 Å². The van der Waals surface area contributed by atoms with Crippen LogP contribution in [-0.4, -0.2) is 34.0 Å². The summed E-state index contributed by atoms with van der Waals surface area (Å²) in [6.45, 7) is 5.44. The van der Waals surface area contributed by atoms with E-state index in [1.165, 1.54) is 16.8 Å². The van der Waals surface area contributed by atoms with Gasteiger partial charge in [-0.05, 0) is 37.9 Å². The summed E-state index contributed by atoms with van der Waals surface area (Å²) in [5, 5.41) is 8.94. The molecule has 0 saturated carbocycles. The van der Waals surface area contributed by atoms with Gasteiger partial charge >= 0.3 is 5.97 Å². The Balaban J connectivity index is 2.63. The fraction of sp³-hybridized carbons (Fsp3) is 0.429. The van der Waals surface area contributed by atoms with Crippen LogP contribution in [0.1, 0.15) is 30.4 Å². The van der Waals surface area contributed by atoms with Crippen LogP contribution in [0, 0.1) is 5.41 Å². The number of amides is 1. The molecule has 1 amide bonds. The maximum absolute atomic E-state index is 13.0. The predicted octanol–water partition coefficient (Wildman–Crippen LogP) is 3.90. The number of hydrogen-bond acceptors (Lipinski definition) is 6. The van der Waals surface area contributed by atoms with Crippen molar-refractivity contribution in [3.05, 3.63) is 20.0 Å². The molecule has 2 rings (SSSR count). The van der Waals surface area contributed by atoms with Crippen molar-refractivity contribution in [3.63, 3.8) is 0 Å². The van der Waals surface area contributed by atoms with Gasteiger partial charge in [-0.25, -0.2) is 9.69 Å². The van der Waals surface area contributed by atoms with Crippen molar-refractivity contribution in [2.24, 2.45) is 12.5 Å². The molecule has 0 fully saturated rings. The molecule has 0 atom stereocenters. The Morgan fingerprint density at radius 1 is 1.29 bits per heavy atom. The quantitative estimate of drug-likeness (QED) is 0.624. The fourth-order valence-electron chi connectivity index (χ4n) is 1.84. The topological polar surface area (TPSA) is 77.3 Å². The number of aryl methyl sites for hydroxylation is 1. The van der Waals surface area contributed by atoms with Crippen molar-refractivity contribution >= 4 is 65.9 Å². The number of carbonyl (C=O) groups is 2. The van der Waals surface area contributed by atoms with Crippen LogP contribution in [-0.2, 0) is 16.6 Å². The lowest BCUT2D eigenvalue weighted by molar-refractivity contribution is -0.125. The van der Waals surface area contributed by atoms with E-state index >= 15 is 0 Å². The SMILES string of the molecule is COC(=O)c1cc(Br)c(N(C(=O)C(C)(C)C)c2nn(C)nc2Br)s1. The summed E-state index contributed by atoms with van der Waals surface area (Å²) in [6, 6.07) is 1.62. The van der Waals surface area contributed by atoms with E-state index in [2.05, 4.69) is 42.1 Å². The first kappa shape index (κ1) is 19.1. The molecule has 2 aromatic rings. The third-order valence-corrected chi connectivity index (χ3v) is 5.45. The van der Waals surface area contributed by atoms with E-state index in [-0.39, 0.29) is 5.91 Å². The Morgan fingerprint density at radius 2 is 1.92 bits per heavy atom. The van der Waals surface area contributed by atoms with Gasteiger partial charge < -0.3 is 4.74 Å². The Labute approximate surface area is 160 Å². The summed E-state index contributed by atoms with van der Waals surface area (Å²) in [6.07, 6.45) is 0. The summed E-state index contributed by atoms with van der Waals surface area (Å²) < 4.78 is 5.78. The number of carbonyl (C=O) groups excluding carboxylic acids is 2. The molecule has 0 aromatic carbocycles. The first-order valence-corrected chi connectivity index (χ1v) is 9.25. The first-order chi connectivity index (χ1) is 11.1. The zero-order chi connectivity index (χ0) is 18.2. The van der Waals surface area contributed by atoms with Crippen molar-refractivity contribution in [3.8, 4) is 0 Å². The fourth-order valence-corrected chi connectivity index (χ4v) is 4.10. The second-order valence-corrected chi connectivity index (χ2v) is 8.59. The van der Waals surface area contributed by atoms with E-state index in [0.717, 1.165) is 11.3 Å². The average Bonchev–Trinajstić information content (AvgIpc) is 3.01. The molecule has 0 aliphatic carbocycles. The number of methoxy groups -OCH3 is 1. The first-order valence-electron chi connectivity index (χ1n) is 6.85. The maximum Gasteiger partial charge on any atom is 0.348 e. The molecule has 10 heteroatoms.